The topological polar surface area (TPSA) is 29.3 Å². The van der Waals surface area contributed by atoms with E-state index in [0.29, 0.717) is 18.5 Å². The summed E-state index contributed by atoms with van der Waals surface area (Å²) in [5.74, 6) is 0.563. The molecule has 2 unspecified atom stereocenters. The van der Waals surface area contributed by atoms with Gasteiger partial charge in [0.2, 0.25) is 0 Å². The van der Waals surface area contributed by atoms with Gasteiger partial charge < -0.3 is 5.73 Å². The molecule has 2 atom stereocenters. The summed E-state index contributed by atoms with van der Waals surface area (Å²) in [6, 6.07) is 5.55. The second kappa shape index (κ2) is 7.27. The summed E-state index contributed by atoms with van der Waals surface area (Å²) in [6.07, 6.45) is -3.28. The Morgan fingerprint density at radius 1 is 1.10 bits per heavy atom. The van der Waals surface area contributed by atoms with Crippen molar-refractivity contribution >= 4 is 0 Å². The van der Waals surface area contributed by atoms with Crippen LogP contribution in [0, 0.1) is 5.92 Å². The molecule has 0 amide bonds. The molecule has 0 aliphatic heterocycles. The van der Waals surface area contributed by atoms with Gasteiger partial charge in [-0.05, 0) is 44.0 Å². The van der Waals surface area contributed by atoms with Gasteiger partial charge in [0.25, 0.3) is 0 Å². The molecule has 2 nitrogen and oxygen atoms in total. The van der Waals surface area contributed by atoms with E-state index in [9.17, 15) is 13.2 Å². The van der Waals surface area contributed by atoms with E-state index < -0.39 is 11.7 Å². The molecule has 0 radical (unpaired) electrons. The minimum Gasteiger partial charge on any atom is -0.329 e. The molecule has 0 spiro atoms. The van der Waals surface area contributed by atoms with E-state index >= 15 is 0 Å². The fraction of sp³-hybridized carbons (Fsp3) is 0.625. The third kappa shape index (κ3) is 5.00. The van der Waals surface area contributed by atoms with E-state index in [1.807, 2.05) is 7.05 Å². The quantitative estimate of drug-likeness (QED) is 0.858. The number of benzene rings is 1. The molecule has 0 heterocycles. The lowest BCUT2D eigenvalue weighted by Gasteiger charge is -2.33. The van der Waals surface area contributed by atoms with Gasteiger partial charge in [-0.2, -0.15) is 13.2 Å². The van der Waals surface area contributed by atoms with Crippen LogP contribution in [0.25, 0.3) is 0 Å². The minimum atomic E-state index is -4.30. The second-order valence-electron chi connectivity index (χ2n) is 6.02. The lowest BCUT2D eigenvalue weighted by molar-refractivity contribution is -0.137. The highest BCUT2D eigenvalue weighted by Crippen LogP contribution is 2.31. The number of hydrogen-bond acceptors (Lipinski definition) is 2. The van der Waals surface area contributed by atoms with Gasteiger partial charge >= 0.3 is 6.18 Å². The van der Waals surface area contributed by atoms with Crippen molar-refractivity contribution < 1.29 is 13.2 Å². The van der Waals surface area contributed by atoms with Crippen LogP contribution < -0.4 is 5.73 Å². The van der Waals surface area contributed by atoms with Gasteiger partial charge in [-0.15, -0.1) is 0 Å². The molecule has 21 heavy (non-hydrogen) atoms. The second-order valence-corrected chi connectivity index (χ2v) is 6.02. The first-order chi connectivity index (χ1) is 9.66. The summed E-state index contributed by atoms with van der Waals surface area (Å²) in [5, 5.41) is 0. The molecule has 0 aliphatic rings. The molecule has 120 valence electrons. The monoisotopic (exact) mass is 302 g/mol. The summed E-state index contributed by atoms with van der Waals surface area (Å²) in [7, 11) is 1.97. The molecule has 1 rings (SSSR count). The molecular formula is C16H25F3N2. The highest BCUT2D eigenvalue weighted by Gasteiger charge is 2.30. The maximum Gasteiger partial charge on any atom is 0.416 e. The predicted molar refractivity (Wildman–Crippen MR) is 79.9 cm³/mol. The van der Waals surface area contributed by atoms with Gasteiger partial charge in [-0.1, -0.05) is 26.0 Å². The number of halogens is 3. The van der Waals surface area contributed by atoms with Crippen LogP contribution in [0.4, 0.5) is 13.2 Å². The van der Waals surface area contributed by atoms with Crippen molar-refractivity contribution in [3.63, 3.8) is 0 Å². The maximum absolute atomic E-state index is 12.6. The number of likely N-dealkylation sites (N-methyl/N-ethyl adjacent to an activating group) is 1. The maximum atomic E-state index is 12.6. The van der Waals surface area contributed by atoms with Crippen molar-refractivity contribution in [2.24, 2.45) is 11.7 Å². The van der Waals surface area contributed by atoms with E-state index in [4.69, 9.17) is 5.73 Å². The Hall–Kier alpha value is -1.07. The standard InChI is InChI=1S/C16H25F3N2/c1-11(2)9-12(3)21(4)15(10-20)13-5-7-14(8-6-13)16(17,18)19/h5-8,11-12,15H,9-10,20H2,1-4H3. The fourth-order valence-corrected chi connectivity index (χ4v) is 2.59. The van der Waals surface area contributed by atoms with Gasteiger partial charge in [-0.25, -0.2) is 0 Å². The normalized spacial score (nSPS) is 15.5. The van der Waals surface area contributed by atoms with Crippen LogP contribution in [0.5, 0.6) is 0 Å². The Morgan fingerprint density at radius 3 is 2.00 bits per heavy atom. The third-order valence-electron chi connectivity index (χ3n) is 3.85. The van der Waals surface area contributed by atoms with Crippen LogP contribution in [-0.2, 0) is 6.18 Å². The number of nitrogens with two attached hydrogens (primary N) is 1. The first-order valence-corrected chi connectivity index (χ1v) is 7.26. The third-order valence-corrected chi connectivity index (χ3v) is 3.85. The van der Waals surface area contributed by atoms with Gasteiger partial charge in [-0.3, -0.25) is 4.90 Å². The van der Waals surface area contributed by atoms with Crippen LogP contribution in [-0.4, -0.2) is 24.5 Å². The molecular weight excluding hydrogens is 277 g/mol. The number of hydrogen-bond donors (Lipinski definition) is 1. The SMILES string of the molecule is CC(C)CC(C)N(C)C(CN)c1ccc(C(F)(F)F)cc1. The zero-order chi connectivity index (χ0) is 16.2. The van der Waals surface area contributed by atoms with Gasteiger partial charge in [0, 0.05) is 18.6 Å². The zero-order valence-electron chi connectivity index (χ0n) is 13.1. The van der Waals surface area contributed by atoms with E-state index in [0.717, 1.165) is 24.1 Å². The van der Waals surface area contributed by atoms with Crippen LogP contribution >= 0.6 is 0 Å². The van der Waals surface area contributed by atoms with Gasteiger partial charge in [0.05, 0.1) is 5.56 Å². The van der Waals surface area contributed by atoms with Crippen molar-refractivity contribution in [1.82, 2.24) is 4.90 Å². The lowest BCUT2D eigenvalue weighted by Crippen LogP contribution is -2.37. The van der Waals surface area contributed by atoms with E-state index in [1.165, 1.54) is 12.1 Å². The Kier molecular flexibility index (Phi) is 6.23. The molecule has 0 aliphatic carbocycles. The molecule has 2 N–H and O–H groups in total. The molecule has 5 heteroatoms. The van der Waals surface area contributed by atoms with Gasteiger partial charge in [0.15, 0.2) is 0 Å². The highest BCUT2D eigenvalue weighted by molar-refractivity contribution is 5.27. The first-order valence-electron chi connectivity index (χ1n) is 7.26. The summed E-state index contributed by atoms with van der Waals surface area (Å²) < 4.78 is 37.8. The number of rotatable bonds is 6. The molecule has 0 aromatic heterocycles. The van der Waals surface area contributed by atoms with Gasteiger partial charge in [0.1, 0.15) is 0 Å². The van der Waals surface area contributed by atoms with E-state index in [2.05, 4.69) is 25.7 Å². The van der Waals surface area contributed by atoms with Crippen LogP contribution in [0.3, 0.4) is 0 Å². The molecule has 0 fully saturated rings. The van der Waals surface area contributed by atoms with Crippen LogP contribution in [0.15, 0.2) is 24.3 Å². The molecule has 0 saturated carbocycles. The Morgan fingerprint density at radius 2 is 1.62 bits per heavy atom. The summed E-state index contributed by atoms with van der Waals surface area (Å²) >= 11 is 0. The molecule has 1 aromatic carbocycles. The average Bonchev–Trinajstić information content (AvgIpc) is 2.38. The van der Waals surface area contributed by atoms with Crippen LogP contribution in [0.2, 0.25) is 0 Å². The Bertz CT molecular complexity index is 426. The zero-order valence-corrected chi connectivity index (χ0v) is 13.1. The first kappa shape index (κ1) is 18.0. The van der Waals surface area contributed by atoms with Crippen molar-refractivity contribution in [3.8, 4) is 0 Å². The Labute approximate surface area is 125 Å². The van der Waals surface area contributed by atoms with E-state index in [1.54, 1.807) is 0 Å². The van der Waals surface area contributed by atoms with Crippen molar-refractivity contribution in [3.05, 3.63) is 35.4 Å². The summed E-state index contributed by atoms with van der Waals surface area (Å²) in [5.41, 5.74) is 6.03. The van der Waals surface area contributed by atoms with Crippen LogP contribution in [0.1, 0.15) is 44.4 Å². The smallest absolute Gasteiger partial charge is 0.329 e. The van der Waals surface area contributed by atoms with E-state index in [-0.39, 0.29) is 6.04 Å². The number of alkyl halides is 3. The fourth-order valence-electron chi connectivity index (χ4n) is 2.59. The Balaban J connectivity index is 2.89. The largest absolute Gasteiger partial charge is 0.416 e. The minimum absolute atomic E-state index is 0.0685. The van der Waals surface area contributed by atoms with Crippen molar-refractivity contribution in [2.75, 3.05) is 13.6 Å². The average molecular weight is 302 g/mol. The molecule has 0 bridgehead atoms. The lowest BCUT2D eigenvalue weighted by atomic mass is 9.99. The highest BCUT2D eigenvalue weighted by atomic mass is 19.4. The molecule has 1 aromatic rings. The molecule has 0 saturated heterocycles. The van der Waals surface area contributed by atoms with Crippen molar-refractivity contribution in [1.29, 1.82) is 0 Å². The summed E-state index contributed by atoms with van der Waals surface area (Å²) in [6.45, 7) is 6.80. The predicted octanol–water partition coefficient (Wildman–Crippen LogP) is 4.07. The van der Waals surface area contributed by atoms with Crippen molar-refractivity contribution in [2.45, 2.75) is 45.5 Å². The summed E-state index contributed by atoms with van der Waals surface area (Å²) in [4.78, 5) is 2.14. The number of nitrogens with zero attached hydrogens (tertiary/aromatic N) is 1.